The zero-order valence-electron chi connectivity index (χ0n) is 20.2. The fourth-order valence-corrected chi connectivity index (χ4v) is 3.96. The van der Waals surface area contributed by atoms with Gasteiger partial charge in [0, 0.05) is 23.8 Å². The molecule has 0 spiro atoms. The highest BCUT2D eigenvalue weighted by Gasteiger charge is 2.41. The Labute approximate surface area is 217 Å². The molecule has 4 aromatic rings. The molecule has 3 unspecified atom stereocenters. The molecule has 5 rings (SSSR count). The van der Waals surface area contributed by atoms with Crippen molar-refractivity contribution in [3.8, 4) is 0 Å². The second-order valence-corrected chi connectivity index (χ2v) is 8.29. The van der Waals surface area contributed by atoms with E-state index in [4.69, 9.17) is 25.8 Å². The number of aromatic nitrogens is 4. The summed E-state index contributed by atoms with van der Waals surface area (Å²) in [5, 5.41) is 8.52. The lowest BCUT2D eigenvalue weighted by Gasteiger charge is -2.19. The molecule has 0 amide bonds. The number of benzene rings is 2. The number of carbonyl (C=O) groups excluding carboxylic acids is 2. The van der Waals surface area contributed by atoms with E-state index in [-0.39, 0.29) is 18.7 Å². The standard InChI is InChI=1S/C24H19ClN4O6.C2H6/c25-16-8-6-15(7-9-16)24(32)35-17-12-18(20-27-28-21-22(30)26-10-11-29(20)21)34-19(17)13-33-23(31)14-4-2-1-3-5-14;1-2/h1-11,17-19H,12-13H2,(H,26,30);1-2H3. The van der Waals surface area contributed by atoms with Crippen molar-refractivity contribution in [1.29, 1.82) is 0 Å². The van der Waals surface area contributed by atoms with Crippen molar-refractivity contribution < 1.29 is 23.8 Å². The van der Waals surface area contributed by atoms with Crippen LogP contribution >= 0.6 is 11.6 Å². The first-order chi connectivity index (χ1) is 18.0. The summed E-state index contributed by atoms with van der Waals surface area (Å²) in [5.41, 5.74) is 0.417. The zero-order valence-corrected chi connectivity index (χ0v) is 20.9. The van der Waals surface area contributed by atoms with Crippen LogP contribution in [0.2, 0.25) is 5.02 Å². The maximum Gasteiger partial charge on any atom is 0.338 e. The Balaban J connectivity index is 0.00000156. The van der Waals surface area contributed by atoms with Crippen LogP contribution in [-0.4, -0.2) is 50.3 Å². The Bertz CT molecular complexity index is 1420. The van der Waals surface area contributed by atoms with Crippen LogP contribution in [0.1, 0.15) is 52.9 Å². The Kier molecular flexibility index (Phi) is 8.32. The van der Waals surface area contributed by atoms with Gasteiger partial charge in [0.1, 0.15) is 24.9 Å². The van der Waals surface area contributed by atoms with E-state index in [9.17, 15) is 14.4 Å². The van der Waals surface area contributed by atoms with Gasteiger partial charge in [-0.2, -0.15) is 0 Å². The number of aromatic amines is 1. The number of halogens is 1. The molecule has 10 nitrogen and oxygen atoms in total. The first-order valence-corrected chi connectivity index (χ1v) is 12.1. The molecule has 1 aliphatic heterocycles. The zero-order chi connectivity index (χ0) is 26.4. The maximum absolute atomic E-state index is 12.8. The van der Waals surface area contributed by atoms with E-state index < -0.39 is 35.8 Å². The number of nitrogens with one attached hydrogen (secondary N) is 1. The average Bonchev–Trinajstić information content (AvgIpc) is 3.54. The normalized spacial score (nSPS) is 18.6. The van der Waals surface area contributed by atoms with E-state index in [2.05, 4.69) is 15.2 Å². The number of rotatable bonds is 6. The number of esters is 2. The van der Waals surface area contributed by atoms with Gasteiger partial charge in [0.2, 0.25) is 5.65 Å². The van der Waals surface area contributed by atoms with Crippen molar-refractivity contribution in [3.05, 3.63) is 99.3 Å². The van der Waals surface area contributed by atoms with Crippen LogP contribution in [0.4, 0.5) is 0 Å². The molecular formula is C26H25ClN4O6. The van der Waals surface area contributed by atoms with Crippen LogP contribution in [0.5, 0.6) is 0 Å². The molecule has 1 N–H and O–H groups in total. The van der Waals surface area contributed by atoms with Crippen molar-refractivity contribution in [2.24, 2.45) is 0 Å². The molecule has 192 valence electrons. The van der Waals surface area contributed by atoms with E-state index >= 15 is 0 Å². The molecule has 0 bridgehead atoms. The van der Waals surface area contributed by atoms with Crippen molar-refractivity contribution in [2.45, 2.75) is 38.6 Å². The summed E-state index contributed by atoms with van der Waals surface area (Å²) in [5.74, 6) is -0.728. The third kappa shape index (κ3) is 5.87. The van der Waals surface area contributed by atoms with Crippen LogP contribution in [0.25, 0.3) is 5.65 Å². The molecule has 0 aliphatic carbocycles. The number of hydrogen-bond acceptors (Lipinski definition) is 8. The Morgan fingerprint density at radius 1 is 1.05 bits per heavy atom. The first kappa shape index (κ1) is 26.1. The minimum Gasteiger partial charge on any atom is -0.459 e. The van der Waals surface area contributed by atoms with E-state index in [1.54, 1.807) is 60.8 Å². The molecule has 2 aromatic heterocycles. The van der Waals surface area contributed by atoms with Gasteiger partial charge in [-0.3, -0.25) is 9.20 Å². The second-order valence-electron chi connectivity index (χ2n) is 7.86. The molecule has 0 radical (unpaired) electrons. The summed E-state index contributed by atoms with van der Waals surface area (Å²) < 4.78 is 18.8. The minimum atomic E-state index is -0.766. The van der Waals surface area contributed by atoms with Crippen LogP contribution in [-0.2, 0) is 14.2 Å². The highest BCUT2D eigenvalue weighted by atomic mass is 35.5. The summed E-state index contributed by atoms with van der Waals surface area (Å²) in [6, 6.07) is 14.8. The van der Waals surface area contributed by atoms with Crippen molar-refractivity contribution in [1.82, 2.24) is 19.6 Å². The predicted octanol–water partition coefficient (Wildman–Crippen LogP) is 4.01. The van der Waals surface area contributed by atoms with Crippen molar-refractivity contribution in [3.63, 3.8) is 0 Å². The molecule has 3 heterocycles. The van der Waals surface area contributed by atoms with Crippen molar-refractivity contribution >= 4 is 29.2 Å². The quantitative estimate of drug-likeness (QED) is 0.375. The largest absolute Gasteiger partial charge is 0.459 e. The highest BCUT2D eigenvalue weighted by molar-refractivity contribution is 6.30. The number of carbonyl (C=O) groups is 2. The molecule has 1 saturated heterocycles. The lowest BCUT2D eigenvalue weighted by molar-refractivity contribution is -0.0441. The summed E-state index contributed by atoms with van der Waals surface area (Å²) in [6.07, 6.45) is 1.12. The van der Waals surface area contributed by atoms with Crippen LogP contribution < -0.4 is 5.56 Å². The average molecular weight is 525 g/mol. The van der Waals surface area contributed by atoms with Crippen LogP contribution in [0.15, 0.2) is 71.8 Å². The number of nitrogens with zero attached hydrogens (tertiary/aromatic N) is 3. The van der Waals surface area contributed by atoms with Gasteiger partial charge in [-0.25, -0.2) is 9.59 Å². The van der Waals surface area contributed by atoms with E-state index in [1.807, 2.05) is 13.8 Å². The predicted molar refractivity (Wildman–Crippen MR) is 135 cm³/mol. The molecule has 11 heteroatoms. The first-order valence-electron chi connectivity index (χ1n) is 11.8. The Morgan fingerprint density at radius 2 is 1.76 bits per heavy atom. The number of H-pyrrole nitrogens is 1. The van der Waals surface area contributed by atoms with Gasteiger partial charge >= 0.3 is 11.9 Å². The van der Waals surface area contributed by atoms with E-state index in [1.165, 1.54) is 10.6 Å². The minimum absolute atomic E-state index is 0.111. The fourth-order valence-electron chi connectivity index (χ4n) is 3.84. The summed E-state index contributed by atoms with van der Waals surface area (Å²) in [7, 11) is 0. The molecular weight excluding hydrogens is 500 g/mol. The molecule has 1 aliphatic rings. The summed E-state index contributed by atoms with van der Waals surface area (Å²) >= 11 is 5.91. The Hall–Kier alpha value is -4.02. The van der Waals surface area contributed by atoms with Crippen LogP contribution in [0.3, 0.4) is 0 Å². The van der Waals surface area contributed by atoms with Gasteiger partial charge in [0.15, 0.2) is 5.82 Å². The van der Waals surface area contributed by atoms with Gasteiger partial charge in [-0.1, -0.05) is 43.6 Å². The van der Waals surface area contributed by atoms with Gasteiger partial charge in [-0.15, -0.1) is 10.2 Å². The Morgan fingerprint density at radius 3 is 2.49 bits per heavy atom. The van der Waals surface area contributed by atoms with Crippen molar-refractivity contribution in [2.75, 3.05) is 6.61 Å². The van der Waals surface area contributed by atoms with Gasteiger partial charge in [0.25, 0.3) is 5.56 Å². The lowest BCUT2D eigenvalue weighted by atomic mass is 10.1. The number of fused-ring (bicyclic) bond motifs is 1. The van der Waals surface area contributed by atoms with E-state index in [0.717, 1.165) is 0 Å². The lowest BCUT2D eigenvalue weighted by Crippen LogP contribution is -2.32. The topological polar surface area (TPSA) is 125 Å². The fraction of sp³-hybridized carbons (Fsp3) is 0.269. The SMILES string of the molecule is CC.O=C(OCC1OC(c2nnc3c(=O)[nH]ccn23)CC1OC(=O)c1ccc(Cl)cc1)c1ccccc1. The molecule has 1 fully saturated rings. The summed E-state index contributed by atoms with van der Waals surface area (Å²) in [4.78, 5) is 39.8. The second kappa shape index (κ2) is 11.8. The number of hydrogen-bond donors (Lipinski definition) is 1. The highest BCUT2D eigenvalue weighted by Crippen LogP contribution is 2.34. The molecule has 37 heavy (non-hydrogen) atoms. The third-order valence-electron chi connectivity index (χ3n) is 5.58. The molecule has 2 aromatic carbocycles. The maximum atomic E-state index is 12.8. The smallest absolute Gasteiger partial charge is 0.338 e. The van der Waals surface area contributed by atoms with Gasteiger partial charge in [0.05, 0.1) is 11.1 Å². The molecule has 3 atom stereocenters. The third-order valence-corrected chi connectivity index (χ3v) is 5.83. The monoisotopic (exact) mass is 524 g/mol. The van der Waals surface area contributed by atoms with E-state index in [0.29, 0.717) is 22.0 Å². The van der Waals surface area contributed by atoms with Gasteiger partial charge in [-0.05, 0) is 36.4 Å². The van der Waals surface area contributed by atoms with Crippen LogP contribution in [0, 0.1) is 0 Å². The number of ether oxygens (including phenoxy) is 3. The summed E-state index contributed by atoms with van der Waals surface area (Å²) in [6.45, 7) is 3.85. The molecule has 0 saturated carbocycles. The van der Waals surface area contributed by atoms with Gasteiger partial charge < -0.3 is 19.2 Å².